The van der Waals surface area contributed by atoms with Crippen molar-refractivity contribution in [2.45, 2.75) is 38.8 Å². The van der Waals surface area contributed by atoms with Gasteiger partial charge in [0.05, 0.1) is 12.8 Å². The number of hydrogen-bond acceptors (Lipinski definition) is 4. The third-order valence-corrected chi connectivity index (χ3v) is 3.51. The molecule has 2 rings (SSSR count). The van der Waals surface area contributed by atoms with Crippen LogP contribution in [0.15, 0.2) is 12.1 Å². The first-order chi connectivity index (χ1) is 8.61. The summed E-state index contributed by atoms with van der Waals surface area (Å²) in [6.45, 7) is 6.70. The van der Waals surface area contributed by atoms with Gasteiger partial charge in [-0.1, -0.05) is 0 Å². The van der Waals surface area contributed by atoms with Crippen LogP contribution in [-0.2, 0) is 11.3 Å². The minimum Gasteiger partial charge on any atom is -0.497 e. The Morgan fingerprint density at radius 1 is 1.39 bits per heavy atom. The van der Waals surface area contributed by atoms with Crippen molar-refractivity contribution >= 4 is 0 Å². The van der Waals surface area contributed by atoms with Gasteiger partial charge in [-0.25, -0.2) is 0 Å². The van der Waals surface area contributed by atoms with Crippen LogP contribution in [0.2, 0.25) is 0 Å². The van der Waals surface area contributed by atoms with Gasteiger partial charge in [0.1, 0.15) is 5.75 Å². The van der Waals surface area contributed by atoms with Crippen LogP contribution in [0.1, 0.15) is 31.2 Å². The molecule has 100 valence electrons. The van der Waals surface area contributed by atoms with E-state index in [-0.39, 0.29) is 5.54 Å². The monoisotopic (exact) mass is 250 g/mol. The van der Waals surface area contributed by atoms with Gasteiger partial charge in [0.2, 0.25) is 0 Å². The Hall–Kier alpha value is -1.13. The third-order valence-electron chi connectivity index (χ3n) is 3.51. The summed E-state index contributed by atoms with van der Waals surface area (Å²) in [5.74, 6) is 0.872. The lowest BCUT2D eigenvalue weighted by molar-refractivity contribution is 0.0445. The summed E-state index contributed by atoms with van der Waals surface area (Å²) in [6.07, 6.45) is 2.10. The Kier molecular flexibility index (Phi) is 4.19. The van der Waals surface area contributed by atoms with E-state index in [1.807, 2.05) is 19.1 Å². The van der Waals surface area contributed by atoms with Gasteiger partial charge in [-0.2, -0.15) is 0 Å². The summed E-state index contributed by atoms with van der Waals surface area (Å²) in [5, 5.41) is 3.59. The molecule has 1 aromatic heterocycles. The number of nitrogens with zero attached hydrogens (tertiary/aromatic N) is 1. The van der Waals surface area contributed by atoms with Crippen LogP contribution >= 0.6 is 0 Å². The van der Waals surface area contributed by atoms with E-state index >= 15 is 0 Å². The van der Waals surface area contributed by atoms with Gasteiger partial charge in [0.25, 0.3) is 0 Å². The average molecular weight is 250 g/mol. The van der Waals surface area contributed by atoms with E-state index in [0.717, 1.165) is 49.7 Å². The molecule has 0 amide bonds. The fraction of sp³-hybridized carbons (Fsp3) is 0.643. The molecule has 1 aromatic rings. The normalized spacial score (nSPS) is 18.6. The minimum atomic E-state index is 0.164. The molecule has 2 heterocycles. The largest absolute Gasteiger partial charge is 0.497 e. The van der Waals surface area contributed by atoms with Crippen LogP contribution in [0, 0.1) is 6.92 Å². The zero-order valence-electron chi connectivity index (χ0n) is 11.5. The second-order valence-corrected chi connectivity index (χ2v) is 5.17. The van der Waals surface area contributed by atoms with Gasteiger partial charge in [-0.05, 0) is 26.7 Å². The lowest BCUT2D eigenvalue weighted by atomic mass is 9.92. The van der Waals surface area contributed by atoms with Gasteiger partial charge in [0.15, 0.2) is 0 Å². The summed E-state index contributed by atoms with van der Waals surface area (Å²) in [7, 11) is 1.69. The van der Waals surface area contributed by atoms with Crippen molar-refractivity contribution in [1.29, 1.82) is 0 Å². The molecule has 0 atom stereocenters. The van der Waals surface area contributed by atoms with E-state index < -0.39 is 0 Å². The third kappa shape index (κ3) is 3.43. The van der Waals surface area contributed by atoms with E-state index in [1.54, 1.807) is 7.11 Å². The van der Waals surface area contributed by atoms with Gasteiger partial charge in [-0.3, -0.25) is 4.98 Å². The minimum absolute atomic E-state index is 0.164. The molecule has 1 N–H and O–H groups in total. The first-order valence-electron chi connectivity index (χ1n) is 6.46. The number of ether oxygens (including phenoxy) is 2. The highest BCUT2D eigenvalue weighted by Crippen LogP contribution is 2.21. The van der Waals surface area contributed by atoms with E-state index in [2.05, 4.69) is 17.2 Å². The topological polar surface area (TPSA) is 43.4 Å². The number of pyridine rings is 1. The fourth-order valence-corrected chi connectivity index (χ4v) is 2.21. The molecule has 0 aliphatic carbocycles. The molecule has 1 saturated heterocycles. The summed E-state index contributed by atoms with van der Waals surface area (Å²) in [5.41, 5.74) is 2.18. The molecule has 0 unspecified atom stereocenters. The zero-order chi connectivity index (χ0) is 13.0. The van der Waals surface area contributed by atoms with Crippen LogP contribution in [0.3, 0.4) is 0 Å². The SMILES string of the molecule is COc1cc(C)nc(CNC2(C)CCOCC2)c1. The number of aromatic nitrogens is 1. The average Bonchev–Trinajstić information content (AvgIpc) is 2.37. The Labute approximate surface area is 109 Å². The smallest absolute Gasteiger partial charge is 0.122 e. The molecule has 4 heteroatoms. The van der Waals surface area contributed by atoms with E-state index in [1.165, 1.54) is 0 Å². The molecule has 18 heavy (non-hydrogen) atoms. The second kappa shape index (κ2) is 5.67. The highest BCUT2D eigenvalue weighted by Gasteiger charge is 2.26. The summed E-state index contributed by atoms with van der Waals surface area (Å²) in [4.78, 5) is 4.52. The maximum absolute atomic E-state index is 5.40. The predicted octanol–water partition coefficient (Wildman–Crippen LogP) is 2.06. The summed E-state index contributed by atoms with van der Waals surface area (Å²) < 4.78 is 10.7. The Morgan fingerprint density at radius 3 is 2.78 bits per heavy atom. The quantitative estimate of drug-likeness (QED) is 0.888. The van der Waals surface area contributed by atoms with Crippen LogP contribution in [0.4, 0.5) is 0 Å². The molecule has 0 radical (unpaired) electrons. The van der Waals surface area contributed by atoms with Crippen molar-refractivity contribution in [3.63, 3.8) is 0 Å². The highest BCUT2D eigenvalue weighted by molar-refractivity contribution is 5.26. The summed E-state index contributed by atoms with van der Waals surface area (Å²) >= 11 is 0. The molecule has 1 aliphatic rings. The van der Waals surface area contributed by atoms with Gasteiger partial charge < -0.3 is 14.8 Å². The van der Waals surface area contributed by atoms with Crippen molar-refractivity contribution in [1.82, 2.24) is 10.3 Å². The zero-order valence-corrected chi connectivity index (χ0v) is 11.5. The first-order valence-corrected chi connectivity index (χ1v) is 6.46. The van der Waals surface area contributed by atoms with Crippen molar-refractivity contribution in [2.75, 3.05) is 20.3 Å². The van der Waals surface area contributed by atoms with Crippen LogP contribution in [0.25, 0.3) is 0 Å². The molecule has 4 nitrogen and oxygen atoms in total. The maximum Gasteiger partial charge on any atom is 0.122 e. The number of rotatable bonds is 4. The van der Waals surface area contributed by atoms with Crippen molar-refractivity contribution in [3.8, 4) is 5.75 Å². The molecule has 1 aliphatic heterocycles. The second-order valence-electron chi connectivity index (χ2n) is 5.17. The van der Waals surface area contributed by atoms with Crippen LogP contribution in [0.5, 0.6) is 5.75 Å². The Morgan fingerprint density at radius 2 is 2.11 bits per heavy atom. The lowest BCUT2D eigenvalue weighted by Gasteiger charge is -2.34. The van der Waals surface area contributed by atoms with E-state index in [0.29, 0.717) is 0 Å². The highest BCUT2D eigenvalue weighted by atomic mass is 16.5. The number of hydrogen-bond donors (Lipinski definition) is 1. The number of nitrogens with one attached hydrogen (secondary N) is 1. The summed E-state index contributed by atoms with van der Waals surface area (Å²) in [6, 6.07) is 3.93. The standard InChI is InChI=1S/C14H22N2O2/c1-11-8-13(17-3)9-12(16-11)10-15-14(2)4-6-18-7-5-14/h8-9,15H,4-7,10H2,1-3H3. The molecular formula is C14H22N2O2. The molecular weight excluding hydrogens is 228 g/mol. The van der Waals surface area contributed by atoms with Crippen LogP contribution < -0.4 is 10.1 Å². The number of aryl methyl sites for hydroxylation is 1. The van der Waals surface area contributed by atoms with Crippen molar-refractivity contribution in [2.24, 2.45) is 0 Å². The number of methoxy groups -OCH3 is 1. The van der Waals surface area contributed by atoms with Crippen molar-refractivity contribution in [3.05, 3.63) is 23.5 Å². The van der Waals surface area contributed by atoms with E-state index in [4.69, 9.17) is 9.47 Å². The Bertz CT molecular complexity index is 401. The molecule has 0 bridgehead atoms. The fourth-order valence-electron chi connectivity index (χ4n) is 2.21. The molecule has 1 fully saturated rings. The first kappa shape index (κ1) is 13.3. The van der Waals surface area contributed by atoms with E-state index in [9.17, 15) is 0 Å². The Balaban J connectivity index is 1.98. The van der Waals surface area contributed by atoms with Crippen molar-refractivity contribution < 1.29 is 9.47 Å². The van der Waals surface area contributed by atoms with Gasteiger partial charge >= 0.3 is 0 Å². The van der Waals surface area contributed by atoms with Gasteiger partial charge in [-0.15, -0.1) is 0 Å². The molecule has 0 saturated carbocycles. The maximum atomic E-state index is 5.40. The lowest BCUT2D eigenvalue weighted by Crippen LogP contribution is -2.46. The molecule has 0 aromatic carbocycles. The predicted molar refractivity (Wildman–Crippen MR) is 70.8 cm³/mol. The van der Waals surface area contributed by atoms with Crippen LogP contribution in [-0.4, -0.2) is 30.8 Å². The molecule has 0 spiro atoms. The van der Waals surface area contributed by atoms with Gasteiger partial charge in [0, 0.05) is 43.1 Å².